The first-order valence-corrected chi connectivity index (χ1v) is 8.30. The van der Waals surface area contributed by atoms with E-state index in [1.54, 1.807) is 4.90 Å². The minimum absolute atomic E-state index is 0.123. The van der Waals surface area contributed by atoms with Crippen molar-refractivity contribution >= 4 is 17.7 Å². The molecule has 0 spiro atoms. The Labute approximate surface area is 135 Å². The van der Waals surface area contributed by atoms with Gasteiger partial charge in [-0.05, 0) is 45.6 Å². The van der Waals surface area contributed by atoms with Crippen LogP contribution in [-0.4, -0.2) is 51.2 Å². The molecule has 3 aliphatic rings. The first kappa shape index (κ1) is 14.5. The SMILES string of the molecule is Cc1cc(C(=O)CN2C(=O)CN(C3CC3)C2=O)c(C)n1C1CC1. The summed E-state index contributed by atoms with van der Waals surface area (Å²) in [4.78, 5) is 39.7. The second-order valence-corrected chi connectivity index (χ2v) is 6.93. The number of ketones is 1. The van der Waals surface area contributed by atoms with E-state index in [1.165, 1.54) is 0 Å². The van der Waals surface area contributed by atoms with Crippen LogP contribution in [0.1, 0.15) is 53.5 Å². The predicted molar refractivity (Wildman–Crippen MR) is 83.3 cm³/mol. The van der Waals surface area contributed by atoms with E-state index in [4.69, 9.17) is 0 Å². The van der Waals surface area contributed by atoms with Crippen molar-refractivity contribution in [3.05, 3.63) is 23.0 Å². The van der Waals surface area contributed by atoms with Crippen molar-refractivity contribution in [2.75, 3.05) is 13.1 Å². The minimum atomic E-state index is -0.304. The fourth-order valence-electron chi connectivity index (χ4n) is 3.57. The monoisotopic (exact) mass is 315 g/mol. The number of hydrogen-bond acceptors (Lipinski definition) is 3. The van der Waals surface area contributed by atoms with Crippen LogP contribution in [-0.2, 0) is 4.79 Å². The van der Waals surface area contributed by atoms with E-state index < -0.39 is 0 Å². The molecule has 23 heavy (non-hydrogen) atoms. The zero-order chi connectivity index (χ0) is 16.3. The summed E-state index contributed by atoms with van der Waals surface area (Å²) in [6.07, 6.45) is 4.24. The Morgan fingerprint density at radius 3 is 2.39 bits per heavy atom. The molecule has 0 radical (unpaired) electrons. The fourth-order valence-corrected chi connectivity index (χ4v) is 3.57. The smallest absolute Gasteiger partial charge is 0.327 e. The number of rotatable bonds is 5. The Hall–Kier alpha value is -2.11. The molecule has 0 aromatic carbocycles. The van der Waals surface area contributed by atoms with Crippen molar-refractivity contribution < 1.29 is 14.4 Å². The van der Waals surface area contributed by atoms with Gasteiger partial charge in [-0.2, -0.15) is 0 Å². The molecule has 6 heteroatoms. The molecule has 0 unspecified atom stereocenters. The van der Waals surface area contributed by atoms with Gasteiger partial charge in [0.15, 0.2) is 5.78 Å². The van der Waals surface area contributed by atoms with Gasteiger partial charge in [-0.3, -0.25) is 14.5 Å². The van der Waals surface area contributed by atoms with Gasteiger partial charge in [-0.15, -0.1) is 0 Å². The Morgan fingerprint density at radius 1 is 1.13 bits per heavy atom. The van der Waals surface area contributed by atoms with E-state index in [0.717, 1.165) is 42.0 Å². The average molecular weight is 315 g/mol. The molecule has 0 atom stereocenters. The van der Waals surface area contributed by atoms with Crippen LogP contribution in [0.25, 0.3) is 0 Å². The fraction of sp³-hybridized carbons (Fsp3) is 0.588. The van der Waals surface area contributed by atoms with Crippen molar-refractivity contribution in [2.45, 2.75) is 51.6 Å². The lowest BCUT2D eigenvalue weighted by molar-refractivity contribution is -0.125. The van der Waals surface area contributed by atoms with E-state index in [1.807, 2.05) is 19.9 Å². The number of Topliss-reactive ketones (excluding diaryl/α,β-unsaturated/α-hetero) is 1. The van der Waals surface area contributed by atoms with Crippen LogP contribution in [0, 0.1) is 13.8 Å². The van der Waals surface area contributed by atoms with Crippen molar-refractivity contribution in [2.24, 2.45) is 0 Å². The third kappa shape index (κ3) is 2.36. The number of carbonyl (C=O) groups excluding carboxylic acids is 3. The Balaban J connectivity index is 1.53. The van der Waals surface area contributed by atoms with Crippen LogP contribution >= 0.6 is 0 Å². The number of amides is 3. The molecule has 1 aliphatic heterocycles. The van der Waals surface area contributed by atoms with Gasteiger partial charge in [0.25, 0.3) is 5.91 Å². The first-order valence-electron chi connectivity index (χ1n) is 8.30. The summed E-state index contributed by atoms with van der Waals surface area (Å²) in [5, 5.41) is 0. The van der Waals surface area contributed by atoms with Crippen LogP contribution < -0.4 is 0 Å². The van der Waals surface area contributed by atoms with Crippen LogP contribution in [0.15, 0.2) is 6.07 Å². The molecule has 0 bridgehead atoms. The maximum Gasteiger partial charge on any atom is 0.327 e. The molecule has 4 rings (SSSR count). The molecule has 1 aromatic rings. The molecule has 6 nitrogen and oxygen atoms in total. The predicted octanol–water partition coefficient (Wildman–Crippen LogP) is 2.05. The summed E-state index contributed by atoms with van der Waals surface area (Å²) in [5.74, 6) is -0.407. The quantitative estimate of drug-likeness (QED) is 0.617. The lowest BCUT2D eigenvalue weighted by Gasteiger charge is -2.16. The number of hydrogen-bond donors (Lipinski definition) is 0. The molecular weight excluding hydrogens is 294 g/mol. The van der Waals surface area contributed by atoms with Gasteiger partial charge in [-0.1, -0.05) is 0 Å². The van der Waals surface area contributed by atoms with E-state index in [0.29, 0.717) is 11.6 Å². The minimum Gasteiger partial charge on any atom is -0.345 e. The van der Waals surface area contributed by atoms with Gasteiger partial charge in [0.1, 0.15) is 6.54 Å². The summed E-state index contributed by atoms with van der Waals surface area (Å²) in [6, 6.07) is 2.30. The number of aromatic nitrogens is 1. The van der Waals surface area contributed by atoms with E-state index in [-0.39, 0.29) is 36.9 Å². The highest BCUT2D eigenvalue weighted by atomic mass is 16.2. The van der Waals surface area contributed by atoms with Crippen LogP contribution in [0.4, 0.5) is 4.79 Å². The standard InChI is InChI=1S/C17H21N3O3/c1-10-7-14(11(2)20(10)13-5-6-13)15(21)8-19-16(22)9-18(17(19)23)12-3-4-12/h7,12-13H,3-6,8-9H2,1-2H3. The highest BCUT2D eigenvalue weighted by molar-refractivity contribution is 6.08. The van der Waals surface area contributed by atoms with Crippen molar-refractivity contribution in [3.63, 3.8) is 0 Å². The third-order valence-electron chi connectivity index (χ3n) is 5.07. The van der Waals surface area contributed by atoms with Crippen molar-refractivity contribution in [1.29, 1.82) is 0 Å². The lowest BCUT2D eigenvalue weighted by atomic mass is 10.1. The van der Waals surface area contributed by atoms with Gasteiger partial charge in [0, 0.05) is 29.0 Å². The molecule has 3 fully saturated rings. The number of nitrogens with zero attached hydrogens (tertiary/aromatic N) is 3. The second kappa shape index (κ2) is 4.94. The molecular formula is C17H21N3O3. The summed E-state index contributed by atoms with van der Waals surface area (Å²) < 4.78 is 2.21. The van der Waals surface area contributed by atoms with Gasteiger partial charge in [0.05, 0.1) is 6.54 Å². The van der Waals surface area contributed by atoms with Gasteiger partial charge in [-0.25, -0.2) is 4.79 Å². The molecule has 122 valence electrons. The number of carbonyl (C=O) groups is 3. The van der Waals surface area contributed by atoms with Gasteiger partial charge >= 0.3 is 6.03 Å². The normalized spacial score (nSPS) is 21.5. The highest BCUT2D eigenvalue weighted by Crippen LogP contribution is 2.38. The largest absolute Gasteiger partial charge is 0.345 e. The zero-order valence-corrected chi connectivity index (χ0v) is 13.5. The highest BCUT2D eigenvalue weighted by Gasteiger charge is 2.44. The van der Waals surface area contributed by atoms with Crippen LogP contribution in [0.2, 0.25) is 0 Å². The Morgan fingerprint density at radius 2 is 1.78 bits per heavy atom. The van der Waals surface area contributed by atoms with Crippen molar-refractivity contribution in [3.8, 4) is 0 Å². The second-order valence-electron chi connectivity index (χ2n) is 6.93. The van der Waals surface area contributed by atoms with Gasteiger partial charge < -0.3 is 9.47 Å². The molecule has 2 saturated carbocycles. The van der Waals surface area contributed by atoms with E-state index in [2.05, 4.69) is 4.57 Å². The topological polar surface area (TPSA) is 62.6 Å². The number of imide groups is 1. The zero-order valence-electron chi connectivity index (χ0n) is 13.5. The van der Waals surface area contributed by atoms with Crippen LogP contribution in [0.3, 0.4) is 0 Å². The van der Waals surface area contributed by atoms with E-state index in [9.17, 15) is 14.4 Å². The Kier molecular flexibility index (Phi) is 3.11. The van der Waals surface area contributed by atoms with Crippen molar-refractivity contribution in [1.82, 2.24) is 14.4 Å². The first-order chi connectivity index (χ1) is 11.0. The molecule has 2 heterocycles. The average Bonchev–Trinajstić information content (AvgIpc) is 3.40. The molecule has 3 amide bonds. The molecule has 2 aliphatic carbocycles. The van der Waals surface area contributed by atoms with Gasteiger partial charge in [0.2, 0.25) is 0 Å². The molecule has 1 saturated heterocycles. The van der Waals surface area contributed by atoms with E-state index >= 15 is 0 Å². The molecule has 1 aromatic heterocycles. The summed E-state index contributed by atoms with van der Waals surface area (Å²) in [5.41, 5.74) is 2.67. The summed E-state index contributed by atoms with van der Waals surface area (Å²) in [7, 11) is 0. The Bertz CT molecular complexity index is 713. The number of aryl methyl sites for hydroxylation is 1. The summed E-state index contributed by atoms with van der Waals surface area (Å²) >= 11 is 0. The summed E-state index contributed by atoms with van der Waals surface area (Å²) in [6.45, 7) is 3.93. The maximum absolute atomic E-state index is 12.6. The van der Waals surface area contributed by atoms with Crippen LogP contribution in [0.5, 0.6) is 0 Å². The lowest BCUT2D eigenvalue weighted by Crippen LogP contribution is -2.37. The third-order valence-corrected chi connectivity index (χ3v) is 5.07. The molecule has 0 N–H and O–H groups in total. The maximum atomic E-state index is 12.6. The number of urea groups is 1.